The van der Waals surface area contributed by atoms with Crippen molar-refractivity contribution in [2.45, 2.75) is 6.92 Å². The van der Waals surface area contributed by atoms with Crippen molar-refractivity contribution in [1.29, 1.82) is 0 Å². The molecule has 0 saturated heterocycles. The number of benzene rings is 1. The summed E-state index contributed by atoms with van der Waals surface area (Å²) in [4.78, 5) is 0. The molecule has 2 N–H and O–H groups in total. The van der Waals surface area contributed by atoms with Gasteiger partial charge in [0.25, 0.3) is 0 Å². The Balaban J connectivity index is 2.42. The summed E-state index contributed by atoms with van der Waals surface area (Å²) in [5.74, 6) is 0. The van der Waals surface area contributed by atoms with E-state index in [0.717, 1.165) is 11.3 Å². The highest BCUT2D eigenvalue weighted by Crippen LogP contribution is 2.07. The molecule has 2 aromatic rings. The molecule has 0 aliphatic rings. The maximum atomic E-state index is 9.06. The lowest BCUT2D eigenvalue weighted by Gasteiger charge is -2.07. The number of aryl methyl sites for hydroxylation is 1. The van der Waals surface area contributed by atoms with Crippen LogP contribution in [0.5, 0.6) is 0 Å². The first-order valence-corrected chi connectivity index (χ1v) is 4.65. The van der Waals surface area contributed by atoms with E-state index in [0.29, 0.717) is 5.46 Å². The smallest absolute Gasteiger partial charge is 0.423 e. The predicted octanol–water partition coefficient (Wildman–Crippen LogP) is -0.139. The normalized spacial score (nSPS) is 10.3. The zero-order chi connectivity index (χ0) is 10.8. The molecule has 0 radical (unpaired) electrons. The van der Waals surface area contributed by atoms with Crippen LogP contribution in [0.15, 0.2) is 36.7 Å². The van der Waals surface area contributed by atoms with Gasteiger partial charge in [-0.3, -0.25) is 0 Å². The molecule has 0 aliphatic heterocycles. The van der Waals surface area contributed by atoms with Crippen molar-refractivity contribution >= 4 is 12.6 Å². The molecule has 0 fully saturated rings. The summed E-state index contributed by atoms with van der Waals surface area (Å²) in [5, 5.41) is 22.2. The van der Waals surface area contributed by atoms with Crippen molar-refractivity contribution in [2.24, 2.45) is 0 Å². The molecule has 15 heavy (non-hydrogen) atoms. The summed E-state index contributed by atoms with van der Waals surface area (Å²) in [6.45, 7) is 1.84. The van der Waals surface area contributed by atoms with Gasteiger partial charge in [-0.05, 0) is 36.1 Å². The summed E-state index contributed by atoms with van der Waals surface area (Å²) in [7, 11) is -1.42. The van der Waals surface area contributed by atoms with E-state index in [1.807, 2.05) is 25.3 Å². The van der Waals surface area contributed by atoms with Crippen LogP contribution in [0.25, 0.3) is 5.69 Å². The zero-order valence-electron chi connectivity index (χ0n) is 8.33. The number of nitrogens with zero attached hydrogens (tertiary/aromatic N) is 2. The van der Waals surface area contributed by atoms with Crippen molar-refractivity contribution in [2.75, 3.05) is 0 Å². The van der Waals surface area contributed by atoms with Crippen LogP contribution >= 0.6 is 0 Å². The first-order chi connectivity index (χ1) is 7.18. The highest BCUT2D eigenvalue weighted by atomic mass is 16.4. The lowest BCUT2D eigenvalue weighted by atomic mass is 9.77. The standard InChI is InChI=1S/C10H11BN2O2/c1-8-7-9(13-6-2-5-12-13)3-4-10(8)11(14)15/h2-7,14-15H,1H3. The van der Waals surface area contributed by atoms with E-state index in [-0.39, 0.29) is 0 Å². The molecule has 0 bridgehead atoms. The van der Waals surface area contributed by atoms with Gasteiger partial charge in [-0.1, -0.05) is 6.07 Å². The number of hydrogen-bond acceptors (Lipinski definition) is 3. The third kappa shape index (κ3) is 1.93. The van der Waals surface area contributed by atoms with E-state index in [4.69, 9.17) is 10.0 Å². The summed E-state index contributed by atoms with van der Waals surface area (Å²) in [6, 6.07) is 7.19. The molecule has 0 amide bonds. The molecule has 0 unspecified atom stereocenters. The van der Waals surface area contributed by atoms with Gasteiger partial charge < -0.3 is 10.0 Å². The van der Waals surface area contributed by atoms with Crippen LogP contribution in [0.3, 0.4) is 0 Å². The van der Waals surface area contributed by atoms with Crippen LogP contribution in [0.1, 0.15) is 5.56 Å². The second kappa shape index (κ2) is 3.88. The SMILES string of the molecule is Cc1cc(-n2cccn2)ccc1B(O)O. The average molecular weight is 202 g/mol. The molecule has 76 valence electrons. The molecule has 0 spiro atoms. The van der Waals surface area contributed by atoms with Gasteiger partial charge in [0.15, 0.2) is 0 Å². The highest BCUT2D eigenvalue weighted by molar-refractivity contribution is 6.59. The molecule has 0 saturated carbocycles. The van der Waals surface area contributed by atoms with Gasteiger partial charge >= 0.3 is 7.12 Å². The van der Waals surface area contributed by atoms with Crippen molar-refractivity contribution < 1.29 is 10.0 Å². The summed E-state index contributed by atoms with van der Waals surface area (Å²) >= 11 is 0. The Labute approximate surface area is 87.9 Å². The van der Waals surface area contributed by atoms with Crippen molar-refractivity contribution in [3.8, 4) is 5.69 Å². The second-order valence-corrected chi connectivity index (χ2v) is 3.37. The van der Waals surface area contributed by atoms with E-state index >= 15 is 0 Å². The fraction of sp³-hybridized carbons (Fsp3) is 0.100. The van der Waals surface area contributed by atoms with E-state index in [2.05, 4.69) is 5.10 Å². The third-order valence-corrected chi connectivity index (χ3v) is 2.30. The van der Waals surface area contributed by atoms with Crippen LogP contribution in [-0.2, 0) is 0 Å². The van der Waals surface area contributed by atoms with Crippen LogP contribution in [0.4, 0.5) is 0 Å². The van der Waals surface area contributed by atoms with E-state index in [1.165, 1.54) is 0 Å². The highest BCUT2D eigenvalue weighted by Gasteiger charge is 2.13. The van der Waals surface area contributed by atoms with Gasteiger partial charge in [-0.15, -0.1) is 0 Å². The van der Waals surface area contributed by atoms with Crippen LogP contribution < -0.4 is 5.46 Å². The summed E-state index contributed by atoms with van der Waals surface area (Å²) in [5.41, 5.74) is 2.26. The van der Waals surface area contributed by atoms with Gasteiger partial charge in [-0.25, -0.2) is 4.68 Å². The minimum Gasteiger partial charge on any atom is -0.423 e. The Kier molecular flexibility index (Phi) is 2.57. The molecular weight excluding hydrogens is 191 g/mol. The van der Waals surface area contributed by atoms with E-state index in [9.17, 15) is 0 Å². The number of rotatable bonds is 2. The molecule has 2 rings (SSSR count). The Morgan fingerprint density at radius 3 is 2.67 bits per heavy atom. The first kappa shape index (κ1) is 9.95. The van der Waals surface area contributed by atoms with E-state index < -0.39 is 7.12 Å². The maximum Gasteiger partial charge on any atom is 0.488 e. The Morgan fingerprint density at radius 2 is 2.13 bits per heavy atom. The van der Waals surface area contributed by atoms with Crippen molar-refractivity contribution in [3.05, 3.63) is 42.2 Å². The van der Waals surface area contributed by atoms with Crippen LogP contribution in [-0.4, -0.2) is 26.9 Å². The average Bonchev–Trinajstić information content (AvgIpc) is 2.69. The van der Waals surface area contributed by atoms with E-state index in [1.54, 1.807) is 23.0 Å². The molecule has 0 aliphatic carbocycles. The number of hydrogen-bond donors (Lipinski definition) is 2. The van der Waals surface area contributed by atoms with Crippen LogP contribution in [0.2, 0.25) is 0 Å². The predicted molar refractivity (Wildman–Crippen MR) is 58.1 cm³/mol. The molecule has 1 aromatic carbocycles. The fourth-order valence-corrected chi connectivity index (χ4v) is 1.51. The molecule has 0 atom stereocenters. The van der Waals surface area contributed by atoms with Gasteiger partial charge in [0.1, 0.15) is 0 Å². The molecular formula is C10H11BN2O2. The first-order valence-electron chi connectivity index (χ1n) is 4.65. The van der Waals surface area contributed by atoms with Gasteiger partial charge in [0.2, 0.25) is 0 Å². The zero-order valence-corrected chi connectivity index (χ0v) is 8.33. The summed E-state index contributed by atoms with van der Waals surface area (Å²) in [6.07, 6.45) is 3.54. The molecule has 1 aromatic heterocycles. The topological polar surface area (TPSA) is 58.3 Å². The van der Waals surface area contributed by atoms with Gasteiger partial charge in [0, 0.05) is 12.4 Å². The second-order valence-electron chi connectivity index (χ2n) is 3.37. The Bertz CT molecular complexity index is 454. The minimum atomic E-state index is -1.42. The lowest BCUT2D eigenvalue weighted by Crippen LogP contribution is -2.32. The Morgan fingerprint density at radius 1 is 1.33 bits per heavy atom. The van der Waals surface area contributed by atoms with Crippen LogP contribution in [0, 0.1) is 6.92 Å². The third-order valence-electron chi connectivity index (χ3n) is 2.30. The van der Waals surface area contributed by atoms with Gasteiger partial charge in [-0.2, -0.15) is 5.10 Å². The molecule has 4 nitrogen and oxygen atoms in total. The maximum absolute atomic E-state index is 9.06. The minimum absolute atomic E-state index is 0.519. The lowest BCUT2D eigenvalue weighted by molar-refractivity contribution is 0.425. The fourth-order valence-electron chi connectivity index (χ4n) is 1.51. The Hall–Kier alpha value is -1.59. The van der Waals surface area contributed by atoms with Gasteiger partial charge in [0.05, 0.1) is 5.69 Å². The quantitative estimate of drug-likeness (QED) is 0.666. The van der Waals surface area contributed by atoms with Crippen molar-refractivity contribution in [1.82, 2.24) is 9.78 Å². The molecule has 1 heterocycles. The molecule has 5 heteroatoms. The number of aromatic nitrogens is 2. The monoisotopic (exact) mass is 202 g/mol. The van der Waals surface area contributed by atoms with Crippen molar-refractivity contribution in [3.63, 3.8) is 0 Å². The largest absolute Gasteiger partial charge is 0.488 e. The summed E-state index contributed by atoms with van der Waals surface area (Å²) < 4.78 is 1.72.